The Morgan fingerprint density at radius 3 is 2.35 bits per heavy atom. The standard InChI is InChI=1S/C14H14F3NO2/c15-14(16,17)11-3-1-10(2-4-11)13-6-5-12(20-13)9-18-7-8-19/h1-6,18-19H,7-9H2. The first-order valence-corrected chi connectivity index (χ1v) is 6.08. The molecule has 0 atom stereocenters. The fourth-order valence-corrected chi connectivity index (χ4v) is 1.74. The SMILES string of the molecule is OCCNCc1ccc(-c2ccc(C(F)(F)F)cc2)o1. The van der Waals surface area contributed by atoms with Crippen molar-refractivity contribution in [1.29, 1.82) is 0 Å². The van der Waals surface area contributed by atoms with Crippen LogP contribution in [0.1, 0.15) is 11.3 Å². The van der Waals surface area contributed by atoms with Crippen LogP contribution in [0, 0.1) is 0 Å². The van der Waals surface area contributed by atoms with Gasteiger partial charge in [0.05, 0.1) is 18.7 Å². The van der Waals surface area contributed by atoms with Gasteiger partial charge in [-0.05, 0) is 24.3 Å². The molecule has 1 heterocycles. The molecule has 2 rings (SSSR count). The van der Waals surface area contributed by atoms with Gasteiger partial charge in [-0.25, -0.2) is 0 Å². The van der Waals surface area contributed by atoms with E-state index >= 15 is 0 Å². The van der Waals surface area contributed by atoms with Gasteiger partial charge < -0.3 is 14.8 Å². The highest BCUT2D eigenvalue weighted by Crippen LogP contribution is 2.31. The Morgan fingerprint density at radius 1 is 1.05 bits per heavy atom. The summed E-state index contributed by atoms with van der Waals surface area (Å²) in [5.41, 5.74) is -0.0935. The number of aliphatic hydroxyl groups is 1. The summed E-state index contributed by atoms with van der Waals surface area (Å²) in [5, 5.41) is 11.6. The molecular weight excluding hydrogens is 271 g/mol. The summed E-state index contributed by atoms with van der Waals surface area (Å²) in [6.07, 6.45) is -4.33. The summed E-state index contributed by atoms with van der Waals surface area (Å²) >= 11 is 0. The van der Waals surface area contributed by atoms with E-state index in [4.69, 9.17) is 9.52 Å². The third-order valence-corrected chi connectivity index (χ3v) is 2.75. The van der Waals surface area contributed by atoms with Crippen molar-refractivity contribution in [2.75, 3.05) is 13.2 Å². The second kappa shape index (κ2) is 6.11. The molecule has 6 heteroatoms. The van der Waals surface area contributed by atoms with Crippen LogP contribution >= 0.6 is 0 Å². The maximum atomic E-state index is 12.4. The van der Waals surface area contributed by atoms with Crippen LogP contribution in [0.25, 0.3) is 11.3 Å². The van der Waals surface area contributed by atoms with Crippen molar-refractivity contribution in [3.05, 3.63) is 47.7 Å². The lowest BCUT2D eigenvalue weighted by Gasteiger charge is -2.06. The molecule has 0 spiro atoms. The Bertz CT molecular complexity index is 546. The van der Waals surface area contributed by atoms with Crippen molar-refractivity contribution in [2.45, 2.75) is 12.7 Å². The number of benzene rings is 1. The third kappa shape index (κ3) is 3.61. The Morgan fingerprint density at radius 2 is 1.75 bits per heavy atom. The molecule has 1 aromatic carbocycles. The molecule has 0 saturated heterocycles. The van der Waals surface area contributed by atoms with Crippen LogP contribution in [0.5, 0.6) is 0 Å². The molecule has 108 valence electrons. The minimum absolute atomic E-state index is 0.0342. The van der Waals surface area contributed by atoms with Crippen LogP contribution in [-0.4, -0.2) is 18.3 Å². The lowest BCUT2D eigenvalue weighted by molar-refractivity contribution is -0.137. The highest BCUT2D eigenvalue weighted by Gasteiger charge is 2.30. The molecule has 1 aromatic heterocycles. The minimum Gasteiger partial charge on any atom is -0.460 e. The fraction of sp³-hybridized carbons (Fsp3) is 0.286. The van der Waals surface area contributed by atoms with E-state index in [0.29, 0.717) is 30.2 Å². The summed E-state index contributed by atoms with van der Waals surface area (Å²) in [4.78, 5) is 0. The first kappa shape index (κ1) is 14.6. The van der Waals surface area contributed by atoms with Gasteiger partial charge in [-0.3, -0.25) is 0 Å². The van der Waals surface area contributed by atoms with Crippen molar-refractivity contribution in [1.82, 2.24) is 5.32 Å². The zero-order valence-corrected chi connectivity index (χ0v) is 10.6. The van der Waals surface area contributed by atoms with Crippen LogP contribution in [-0.2, 0) is 12.7 Å². The molecule has 2 aromatic rings. The van der Waals surface area contributed by atoms with Gasteiger partial charge in [0.1, 0.15) is 11.5 Å². The molecule has 0 radical (unpaired) electrons. The Hall–Kier alpha value is -1.79. The lowest BCUT2D eigenvalue weighted by Crippen LogP contribution is -2.16. The number of halogens is 3. The molecule has 0 amide bonds. The zero-order chi connectivity index (χ0) is 14.6. The van der Waals surface area contributed by atoms with Gasteiger partial charge in [0, 0.05) is 12.1 Å². The third-order valence-electron chi connectivity index (χ3n) is 2.75. The zero-order valence-electron chi connectivity index (χ0n) is 10.6. The Labute approximate surface area is 114 Å². The summed E-state index contributed by atoms with van der Waals surface area (Å²) in [5.74, 6) is 1.17. The number of hydrogen-bond donors (Lipinski definition) is 2. The molecule has 20 heavy (non-hydrogen) atoms. The number of hydrogen-bond acceptors (Lipinski definition) is 3. The molecule has 0 unspecified atom stereocenters. The van der Waals surface area contributed by atoms with Gasteiger partial charge in [0.2, 0.25) is 0 Å². The molecule has 0 aliphatic carbocycles. The monoisotopic (exact) mass is 285 g/mol. The fourth-order valence-electron chi connectivity index (χ4n) is 1.74. The predicted octanol–water partition coefficient (Wildman–Crippen LogP) is 3.05. The number of alkyl halides is 3. The van der Waals surface area contributed by atoms with Crippen molar-refractivity contribution < 1.29 is 22.7 Å². The highest BCUT2D eigenvalue weighted by molar-refractivity contribution is 5.58. The summed E-state index contributed by atoms with van der Waals surface area (Å²) in [6.45, 7) is 0.948. The first-order chi connectivity index (χ1) is 9.50. The second-order valence-electron chi connectivity index (χ2n) is 4.24. The summed E-state index contributed by atoms with van der Waals surface area (Å²) in [6, 6.07) is 8.28. The number of furan rings is 1. The van der Waals surface area contributed by atoms with Crippen molar-refractivity contribution in [3.63, 3.8) is 0 Å². The highest BCUT2D eigenvalue weighted by atomic mass is 19.4. The van der Waals surface area contributed by atoms with E-state index in [1.54, 1.807) is 12.1 Å². The van der Waals surface area contributed by atoms with Crippen LogP contribution in [0.4, 0.5) is 13.2 Å². The molecular formula is C14H14F3NO2. The van der Waals surface area contributed by atoms with Gasteiger partial charge in [0.25, 0.3) is 0 Å². The summed E-state index contributed by atoms with van der Waals surface area (Å²) in [7, 11) is 0. The normalized spacial score (nSPS) is 11.8. The average molecular weight is 285 g/mol. The van der Waals surface area contributed by atoms with Gasteiger partial charge in [-0.2, -0.15) is 13.2 Å². The maximum absolute atomic E-state index is 12.4. The van der Waals surface area contributed by atoms with E-state index < -0.39 is 11.7 Å². The second-order valence-corrected chi connectivity index (χ2v) is 4.24. The van der Waals surface area contributed by atoms with E-state index in [9.17, 15) is 13.2 Å². The molecule has 0 aliphatic heterocycles. The topological polar surface area (TPSA) is 45.4 Å². The van der Waals surface area contributed by atoms with E-state index in [-0.39, 0.29) is 6.61 Å². The quantitative estimate of drug-likeness (QED) is 0.830. The maximum Gasteiger partial charge on any atom is 0.416 e. The van der Waals surface area contributed by atoms with E-state index in [0.717, 1.165) is 12.1 Å². The molecule has 0 saturated carbocycles. The molecule has 2 N–H and O–H groups in total. The van der Waals surface area contributed by atoms with Crippen molar-refractivity contribution in [2.24, 2.45) is 0 Å². The van der Waals surface area contributed by atoms with Crippen molar-refractivity contribution >= 4 is 0 Å². The van der Waals surface area contributed by atoms with Gasteiger partial charge in [0.15, 0.2) is 0 Å². The molecule has 0 aliphatic rings. The van der Waals surface area contributed by atoms with Gasteiger partial charge >= 0.3 is 6.18 Å². The summed E-state index contributed by atoms with van der Waals surface area (Å²) < 4.78 is 42.9. The minimum atomic E-state index is -4.33. The largest absolute Gasteiger partial charge is 0.460 e. The Kier molecular flexibility index (Phi) is 4.46. The van der Waals surface area contributed by atoms with Gasteiger partial charge in [-0.1, -0.05) is 12.1 Å². The molecule has 3 nitrogen and oxygen atoms in total. The number of nitrogens with one attached hydrogen (secondary N) is 1. The number of aliphatic hydroxyl groups excluding tert-OH is 1. The van der Waals surface area contributed by atoms with E-state index in [2.05, 4.69) is 5.32 Å². The number of rotatable bonds is 5. The van der Waals surface area contributed by atoms with E-state index in [1.165, 1.54) is 12.1 Å². The van der Waals surface area contributed by atoms with Crippen molar-refractivity contribution in [3.8, 4) is 11.3 Å². The van der Waals surface area contributed by atoms with Crippen LogP contribution < -0.4 is 5.32 Å². The average Bonchev–Trinajstić information content (AvgIpc) is 2.87. The first-order valence-electron chi connectivity index (χ1n) is 6.08. The van der Waals surface area contributed by atoms with Crippen LogP contribution in [0.3, 0.4) is 0 Å². The smallest absolute Gasteiger partial charge is 0.416 e. The van der Waals surface area contributed by atoms with Crippen LogP contribution in [0.2, 0.25) is 0 Å². The van der Waals surface area contributed by atoms with Crippen LogP contribution in [0.15, 0.2) is 40.8 Å². The predicted molar refractivity (Wildman–Crippen MR) is 67.9 cm³/mol. The Balaban J connectivity index is 2.08. The van der Waals surface area contributed by atoms with E-state index in [1.807, 2.05) is 0 Å². The molecule has 0 fully saturated rings. The van der Waals surface area contributed by atoms with Gasteiger partial charge in [-0.15, -0.1) is 0 Å². The lowest BCUT2D eigenvalue weighted by atomic mass is 10.1. The molecule has 0 bridgehead atoms.